The van der Waals surface area contributed by atoms with Crippen LogP contribution in [0.3, 0.4) is 0 Å². The number of benzene rings is 1. The first-order chi connectivity index (χ1) is 13.5. The Morgan fingerprint density at radius 1 is 1.21 bits per heavy atom. The van der Waals surface area contributed by atoms with Gasteiger partial charge < -0.3 is 20.3 Å². The van der Waals surface area contributed by atoms with Crippen molar-refractivity contribution in [2.45, 2.75) is 57.4 Å². The monoisotopic (exact) mass is 388 g/mol. The van der Waals surface area contributed by atoms with Crippen molar-refractivity contribution in [3.63, 3.8) is 0 Å². The minimum absolute atomic E-state index is 0.0105. The molecule has 0 saturated heterocycles. The van der Waals surface area contributed by atoms with Gasteiger partial charge in [-0.05, 0) is 42.9 Å². The molecular weight excluding hydrogens is 352 g/mol. The number of likely N-dealkylation sites (N-methyl/N-ethyl adjacent to an activating group) is 1. The van der Waals surface area contributed by atoms with Crippen molar-refractivity contribution >= 4 is 11.9 Å². The molecule has 1 fully saturated rings. The van der Waals surface area contributed by atoms with E-state index >= 15 is 0 Å². The van der Waals surface area contributed by atoms with E-state index in [9.17, 15) is 4.79 Å². The summed E-state index contributed by atoms with van der Waals surface area (Å²) in [7, 11) is 5.20. The average Bonchev–Trinajstić information content (AvgIpc) is 2.72. The van der Waals surface area contributed by atoms with Gasteiger partial charge in [-0.3, -0.25) is 4.79 Å². The lowest BCUT2D eigenvalue weighted by Crippen LogP contribution is -2.45. The van der Waals surface area contributed by atoms with Crippen molar-refractivity contribution in [3.8, 4) is 5.75 Å². The first-order valence-corrected chi connectivity index (χ1v) is 10.4. The Balaban J connectivity index is 1.88. The zero-order chi connectivity index (χ0) is 20.4. The van der Waals surface area contributed by atoms with Crippen LogP contribution >= 0.6 is 0 Å². The van der Waals surface area contributed by atoms with Crippen molar-refractivity contribution in [1.29, 1.82) is 0 Å². The van der Waals surface area contributed by atoms with E-state index in [1.807, 2.05) is 12.1 Å². The van der Waals surface area contributed by atoms with Gasteiger partial charge in [0.1, 0.15) is 12.3 Å². The predicted octanol–water partition coefficient (Wildman–Crippen LogP) is 3.14. The van der Waals surface area contributed by atoms with Crippen molar-refractivity contribution in [1.82, 2.24) is 15.5 Å². The van der Waals surface area contributed by atoms with Crippen molar-refractivity contribution < 1.29 is 9.53 Å². The lowest BCUT2D eigenvalue weighted by Gasteiger charge is -2.25. The lowest BCUT2D eigenvalue weighted by atomic mass is 9.96. The number of methoxy groups -OCH3 is 1. The maximum absolute atomic E-state index is 11.9. The average molecular weight is 389 g/mol. The summed E-state index contributed by atoms with van der Waals surface area (Å²) in [5.74, 6) is 2.07. The fourth-order valence-electron chi connectivity index (χ4n) is 3.39. The van der Waals surface area contributed by atoms with E-state index in [1.165, 1.54) is 37.7 Å². The summed E-state index contributed by atoms with van der Waals surface area (Å²) in [5, 5.41) is 6.96. The van der Waals surface area contributed by atoms with E-state index in [0.717, 1.165) is 24.7 Å². The van der Waals surface area contributed by atoms with Crippen LogP contribution < -0.4 is 15.4 Å². The fraction of sp³-hybridized carbons (Fsp3) is 0.636. The minimum Gasteiger partial charge on any atom is -0.497 e. The van der Waals surface area contributed by atoms with Gasteiger partial charge in [-0.25, -0.2) is 4.99 Å². The summed E-state index contributed by atoms with van der Waals surface area (Å²) in [6.45, 7) is 3.20. The molecule has 0 aromatic heterocycles. The third-order valence-electron chi connectivity index (χ3n) is 5.37. The molecule has 0 aliphatic heterocycles. The molecule has 0 bridgehead atoms. The molecule has 2 N–H and O–H groups in total. The lowest BCUT2D eigenvalue weighted by molar-refractivity contribution is -0.127. The predicted molar refractivity (Wildman–Crippen MR) is 115 cm³/mol. The number of carbonyl (C=O) groups excluding carboxylic acids is 1. The van der Waals surface area contributed by atoms with Crippen LogP contribution in [-0.2, 0) is 4.79 Å². The van der Waals surface area contributed by atoms with Gasteiger partial charge in [0, 0.05) is 26.7 Å². The van der Waals surface area contributed by atoms with Crippen molar-refractivity contribution in [2.75, 3.05) is 34.3 Å². The largest absolute Gasteiger partial charge is 0.497 e. The number of hydrogen-bond acceptors (Lipinski definition) is 3. The van der Waals surface area contributed by atoms with Crippen LogP contribution in [0, 0.1) is 0 Å². The Hall–Kier alpha value is -2.24. The smallest absolute Gasteiger partial charge is 0.243 e. The van der Waals surface area contributed by atoms with Gasteiger partial charge >= 0.3 is 0 Å². The molecule has 1 unspecified atom stereocenters. The number of nitrogens with zero attached hydrogens (tertiary/aromatic N) is 2. The zero-order valence-electron chi connectivity index (χ0n) is 17.8. The van der Waals surface area contributed by atoms with E-state index in [1.54, 1.807) is 26.1 Å². The summed E-state index contributed by atoms with van der Waals surface area (Å²) < 4.78 is 5.23. The molecule has 28 heavy (non-hydrogen) atoms. The Bertz CT molecular complexity index is 622. The molecule has 1 aliphatic carbocycles. The minimum atomic E-state index is 0.0105. The quantitative estimate of drug-likeness (QED) is 0.530. The molecule has 6 heteroatoms. The molecule has 1 aromatic carbocycles. The van der Waals surface area contributed by atoms with Crippen LogP contribution in [0.5, 0.6) is 5.75 Å². The molecule has 0 radical (unpaired) electrons. The van der Waals surface area contributed by atoms with Crippen molar-refractivity contribution in [3.05, 3.63) is 29.8 Å². The van der Waals surface area contributed by atoms with Crippen molar-refractivity contribution in [2.24, 2.45) is 4.99 Å². The van der Waals surface area contributed by atoms with Gasteiger partial charge in [0.15, 0.2) is 5.96 Å². The number of nitrogens with one attached hydrogen (secondary N) is 2. The number of rotatable bonds is 8. The van der Waals surface area contributed by atoms with Crippen LogP contribution in [0.4, 0.5) is 0 Å². The second-order valence-corrected chi connectivity index (χ2v) is 7.82. The number of guanidine groups is 1. The van der Waals surface area contributed by atoms with E-state index in [0.29, 0.717) is 12.0 Å². The number of aliphatic imine (C=N–C) groups is 1. The second kappa shape index (κ2) is 11.6. The maximum atomic E-state index is 11.9. The number of hydrogen-bond donors (Lipinski definition) is 2. The van der Waals surface area contributed by atoms with Crippen LogP contribution in [-0.4, -0.2) is 57.1 Å². The number of carbonyl (C=O) groups is 1. The molecule has 156 valence electrons. The van der Waals surface area contributed by atoms with Crippen LogP contribution in [0.15, 0.2) is 29.3 Å². The van der Waals surface area contributed by atoms with Crippen LogP contribution in [0.2, 0.25) is 0 Å². The molecule has 1 aliphatic rings. The van der Waals surface area contributed by atoms with Gasteiger partial charge in [0.05, 0.1) is 7.11 Å². The van der Waals surface area contributed by atoms with Crippen LogP contribution in [0.1, 0.15) is 56.9 Å². The molecule has 0 heterocycles. The van der Waals surface area contributed by atoms with E-state index in [-0.39, 0.29) is 12.5 Å². The highest BCUT2D eigenvalue weighted by molar-refractivity contribution is 5.84. The Morgan fingerprint density at radius 2 is 1.89 bits per heavy atom. The molecule has 1 saturated carbocycles. The van der Waals surface area contributed by atoms with Crippen LogP contribution in [0.25, 0.3) is 0 Å². The van der Waals surface area contributed by atoms with Gasteiger partial charge in [0.2, 0.25) is 5.91 Å². The molecule has 1 aromatic rings. The number of amides is 1. The summed E-state index contributed by atoms with van der Waals surface area (Å²) >= 11 is 0. The Labute approximate surface area is 169 Å². The third-order valence-corrected chi connectivity index (χ3v) is 5.37. The van der Waals surface area contributed by atoms with Gasteiger partial charge in [-0.2, -0.15) is 0 Å². The molecule has 6 nitrogen and oxygen atoms in total. The van der Waals surface area contributed by atoms with Gasteiger partial charge in [-0.1, -0.05) is 38.3 Å². The summed E-state index contributed by atoms with van der Waals surface area (Å²) in [6.07, 6.45) is 7.16. The standard InChI is InChI=1S/C22H36N4O2/c1-17(18-10-12-20(28-4)13-11-18)14-15-23-22(24-16-21(27)26(2)3)25-19-8-6-5-7-9-19/h10-13,17,19H,5-9,14-16H2,1-4H3,(H2,23,24,25). The molecule has 1 atom stereocenters. The normalized spacial score (nSPS) is 16.4. The summed E-state index contributed by atoms with van der Waals surface area (Å²) in [5.41, 5.74) is 1.30. The SMILES string of the molecule is COc1ccc(C(C)CCNC(=NCC(=O)N(C)C)NC2CCCCC2)cc1. The fourth-order valence-corrected chi connectivity index (χ4v) is 3.39. The Morgan fingerprint density at radius 3 is 2.50 bits per heavy atom. The first kappa shape index (κ1) is 22.1. The highest BCUT2D eigenvalue weighted by atomic mass is 16.5. The maximum Gasteiger partial charge on any atom is 0.243 e. The van der Waals surface area contributed by atoms with E-state index < -0.39 is 0 Å². The van der Waals surface area contributed by atoms with Gasteiger partial charge in [0.25, 0.3) is 0 Å². The summed E-state index contributed by atoms with van der Waals surface area (Å²) in [6, 6.07) is 8.70. The zero-order valence-corrected chi connectivity index (χ0v) is 17.8. The molecule has 2 rings (SSSR count). The third kappa shape index (κ3) is 7.41. The Kier molecular flexibility index (Phi) is 9.11. The van der Waals surface area contributed by atoms with E-state index in [4.69, 9.17) is 4.74 Å². The topological polar surface area (TPSA) is 66.0 Å². The number of ether oxygens (including phenoxy) is 1. The summed E-state index contributed by atoms with van der Waals surface area (Å²) in [4.78, 5) is 18.0. The second-order valence-electron chi connectivity index (χ2n) is 7.82. The van der Waals surface area contributed by atoms with E-state index in [2.05, 4.69) is 34.7 Å². The first-order valence-electron chi connectivity index (χ1n) is 10.4. The molecular formula is C22H36N4O2. The molecule has 1 amide bonds. The highest BCUT2D eigenvalue weighted by Gasteiger charge is 2.15. The van der Waals surface area contributed by atoms with Gasteiger partial charge in [-0.15, -0.1) is 0 Å². The molecule has 0 spiro atoms. The highest BCUT2D eigenvalue weighted by Crippen LogP contribution is 2.21.